The SMILES string of the molecule is CCOCC(=O)N1C[C@@H]2CNC[C@@H]2[C@@H]1c1ccccc1C. The molecule has 0 bridgehead atoms. The van der Waals surface area contributed by atoms with Gasteiger partial charge in [0.25, 0.3) is 0 Å². The molecule has 0 aliphatic carbocycles. The summed E-state index contributed by atoms with van der Waals surface area (Å²) in [6.07, 6.45) is 0. The number of nitrogens with zero attached hydrogens (tertiary/aromatic N) is 1. The summed E-state index contributed by atoms with van der Waals surface area (Å²) < 4.78 is 5.34. The normalized spacial score (nSPS) is 27.9. The Morgan fingerprint density at radius 3 is 2.95 bits per heavy atom. The number of aryl methyl sites for hydroxylation is 1. The number of benzene rings is 1. The quantitative estimate of drug-likeness (QED) is 0.918. The van der Waals surface area contributed by atoms with E-state index in [0.29, 0.717) is 18.4 Å². The van der Waals surface area contributed by atoms with Crippen molar-refractivity contribution in [3.05, 3.63) is 35.4 Å². The summed E-state index contributed by atoms with van der Waals surface area (Å²) in [6, 6.07) is 8.63. The maximum Gasteiger partial charge on any atom is 0.249 e. The van der Waals surface area contributed by atoms with Crippen LogP contribution in [-0.2, 0) is 9.53 Å². The number of likely N-dealkylation sites (tertiary alicyclic amines) is 1. The van der Waals surface area contributed by atoms with Gasteiger partial charge in [0.2, 0.25) is 5.91 Å². The van der Waals surface area contributed by atoms with Crippen LogP contribution in [0.4, 0.5) is 0 Å². The van der Waals surface area contributed by atoms with Gasteiger partial charge >= 0.3 is 0 Å². The third-order valence-electron chi connectivity index (χ3n) is 4.82. The fraction of sp³-hybridized carbons (Fsp3) is 0.588. The van der Waals surface area contributed by atoms with Crippen molar-refractivity contribution in [1.82, 2.24) is 10.2 Å². The van der Waals surface area contributed by atoms with Crippen molar-refractivity contribution in [1.29, 1.82) is 0 Å². The van der Waals surface area contributed by atoms with Gasteiger partial charge in [0.15, 0.2) is 0 Å². The van der Waals surface area contributed by atoms with E-state index in [9.17, 15) is 4.79 Å². The molecule has 0 saturated carbocycles. The Balaban J connectivity index is 1.88. The maximum atomic E-state index is 12.5. The topological polar surface area (TPSA) is 41.6 Å². The lowest BCUT2D eigenvalue weighted by Gasteiger charge is -2.29. The van der Waals surface area contributed by atoms with E-state index in [-0.39, 0.29) is 18.6 Å². The number of carbonyl (C=O) groups is 1. The van der Waals surface area contributed by atoms with E-state index in [1.807, 2.05) is 11.8 Å². The summed E-state index contributed by atoms with van der Waals surface area (Å²) in [7, 11) is 0. The van der Waals surface area contributed by atoms with Crippen LogP contribution in [0.1, 0.15) is 24.1 Å². The van der Waals surface area contributed by atoms with Gasteiger partial charge in [-0.2, -0.15) is 0 Å². The Morgan fingerprint density at radius 2 is 2.19 bits per heavy atom. The molecular formula is C17H24N2O2. The van der Waals surface area contributed by atoms with Gasteiger partial charge in [-0.25, -0.2) is 0 Å². The molecule has 0 spiro atoms. The third kappa shape index (κ3) is 2.70. The van der Waals surface area contributed by atoms with Crippen LogP contribution in [0.2, 0.25) is 0 Å². The predicted molar refractivity (Wildman–Crippen MR) is 82.0 cm³/mol. The van der Waals surface area contributed by atoms with Gasteiger partial charge in [-0.1, -0.05) is 24.3 Å². The minimum absolute atomic E-state index is 0.125. The van der Waals surface area contributed by atoms with E-state index in [4.69, 9.17) is 4.74 Å². The number of carbonyl (C=O) groups excluding carboxylic acids is 1. The van der Waals surface area contributed by atoms with Gasteiger partial charge in [-0.3, -0.25) is 4.79 Å². The highest BCUT2D eigenvalue weighted by atomic mass is 16.5. The monoisotopic (exact) mass is 288 g/mol. The smallest absolute Gasteiger partial charge is 0.249 e. The Labute approximate surface area is 126 Å². The molecule has 2 aliphatic heterocycles. The molecule has 1 aromatic carbocycles. The molecule has 2 saturated heterocycles. The first-order valence-corrected chi connectivity index (χ1v) is 7.85. The summed E-state index contributed by atoms with van der Waals surface area (Å²) in [5.74, 6) is 1.22. The van der Waals surface area contributed by atoms with E-state index < -0.39 is 0 Å². The largest absolute Gasteiger partial charge is 0.372 e. The average molecular weight is 288 g/mol. The Kier molecular flexibility index (Phi) is 4.27. The fourth-order valence-corrected chi connectivity index (χ4v) is 3.77. The van der Waals surface area contributed by atoms with E-state index in [0.717, 1.165) is 19.6 Å². The molecule has 2 aliphatic rings. The summed E-state index contributed by atoms with van der Waals surface area (Å²) >= 11 is 0. The van der Waals surface area contributed by atoms with Crippen LogP contribution in [0.15, 0.2) is 24.3 Å². The van der Waals surface area contributed by atoms with Crippen LogP contribution in [0.25, 0.3) is 0 Å². The molecular weight excluding hydrogens is 264 g/mol. The van der Waals surface area contributed by atoms with Gasteiger partial charge in [-0.15, -0.1) is 0 Å². The van der Waals surface area contributed by atoms with Gasteiger partial charge in [0.05, 0.1) is 6.04 Å². The first kappa shape index (κ1) is 14.5. The second-order valence-corrected chi connectivity index (χ2v) is 6.07. The summed E-state index contributed by atoms with van der Waals surface area (Å²) in [5.41, 5.74) is 2.56. The number of fused-ring (bicyclic) bond motifs is 1. The number of hydrogen-bond acceptors (Lipinski definition) is 3. The average Bonchev–Trinajstić information content (AvgIpc) is 3.06. The predicted octanol–water partition coefficient (Wildman–Crippen LogP) is 1.75. The number of hydrogen-bond donors (Lipinski definition) is 1. The van der Waals surface area contributed by atoms with Crippen LogP contribution in [0, 0.1) is 18.8 Å². The zero-order valence-corrected chi connectivity index (χ0v) is 12.8. The lowest BCUT2D eigenvalue weighted by atomic mass is 9.87. The highest BCUT2D eigenvalue weighted by Crippen LogP contribution is 2.43. The van der Waals surface area contributed by atoms with Crippen LogP contribution < -0.4 is 5.32 Å². The molecule has 1 amide bonds. The molecule has 4 heteroatoms. The molecule has 0 radical (unpaired) electrons. The molecule has 114 valence electrons. The molecule has 0 unspecified atom stereocenters. The van der Waals surface area contributed by atoms with Crippen molar-refractivity contribution >= 4 is 5.91 Å². The Bertz CT molecular complexity index is 517. The van der Waals surface area contributed by atoms with Crippen molar-refractivity contribution in [2.45, 2.75) is 19.9 Å². The molecule has 2 heterocycles. The van der Waals surface area contributed by atoms with E-state index in [2.05, 4.69) is 36.5 Å². The van der Waals surface area contributed by atoms with E-state index in [1.165, 1.54) is 11.1 Å². The van der Waals surface area contributed by atoms with E-state index >= 15 is 0 Å². The standard InChI is InChI=1S/C17H24N2O2/c1-3-21-11-16(20)19-10-13-8-18-9-15(13)17(19)14-7-5-4-6-12(14)2/h4-7,13,15,17-18H,3,8-11H2,1-2H3/t13-,15-,17-/m0/s1. The number of rotatable bonds is 4. The van der Waals surface area contributed by atoms with Crippen molar-refractivity contribution in [2.24, 2.45) is 11.8 Å². The Morgan fingerprint density at radius 1 is 1.38 bits per heavy atom. The Hall–Kier alpha value is -1.39. The van der Waals surface area contributed by atoms with Crippen molar-refractivity contribution in [3.8, 4) is 0 Å². The number of ether oxygens (including phenoxy) is 1. The second-order valence-electron chi connectivity index (χ2n) is 6.07. The van der Waals surface area contributed by atoms with Gasteiger partial charge < -0.3 is 15.0 Å². The van der Waals surface area contributed by atoms with Crippen molar-refractivity contribution in [2.75, 3.05) is 32.8 Å². The molecule has 2 fully saturated rings. The molecule has 0 aromatic heterocycles. The van der Waals surface area contributed by atoms with Crippen LogP contribution in [-0.4, -0.2) is 43.7 Å². The molecule has 1 aromatic rings. The van der Waals surface area contributed by atoms with E-state index in [1.54, 1.807) is 0 Å². The summed E-state index contributed by atoms with van der Waals surface area (Å²) in [4.78, 5) is 14.6. The minimum Gasteiger partial charge on any atom is -0.372 e. The van der Waals surface area contributed by atoms with Crippen molar-refractivity contribution < 1.29 is 9.53 Å². The summed E-state index contributed by atoms with van der Waals surface area (Å²) in [5, 5.41) is 3.48. The van der Waals surface area contributed by atoms with Crippen LogP contribution >= 0.6 is 0 Å². The third-order valence-corrected chi connectivity index (χ3v) is 4.82. The molecule has 3 rings (SSSR count). The van der Waals surface area contributed by atoms with Gasteiger partial charge in [0, 0.05) is 32.2 Å². The lowest BCUT2D eigenvalue weighted by molar-refractivity contribution is -0.137. The molecule has 1 N–H and O–H groups in total. The first-order chi connectivity index (χ1) is 10.2. The summed E-state index contributed by atoms with van der Waals surface area (Å²) in [6.45, 7) is 7.72. The van der Waals surface area contributed by atoms with Gasteiger partial charge in [-0.05, 0) is 30.9 Å². The fourth-order valence-electron chi connectivity index (χ4n) is 3.77. The van der Waals surface area contributed by atoms with Crippen molar-refractivity contribution in [3.63, 3.8) is 0 Å². The first-order valence-electron chi connectivity index (χ1n) is 7.85. The zero-order chi connectivity index (χ0) is 14.8. The molecule has 3 atom stereocenters. The number of nitrogens with one attached hydrogen (secondary N) is 1. The van der Waals surface area contributed by atoms with Gasteiger partial charge in [0.1, 0.15) is 6.61 Å². The van der Waals surface area contributed by atoms with Crippen LogP contribution in [0.3, 0.4) is 0 Å². The maximum absolute atomic E-state index is 12.5. The minimum atomic E-state index is 0.125. The highest BCUT2D eigenvalue weighted by molar-refractivity contribution is 5.78. The lowest BCUT2D eigenvalue weighted by Crippen LogP contribution is -2.37. The zero-order valence-electron chi connectivity index (χ0n) is 12.8. The second kappa shape index (κ2) is 6.16. The van der Waals surface area contributed by atoms with Crippen LogP contribution in [0.5, 0.6) is 0 Å². The molecule has 21 heavy (non-hydrogen) atoms. The molecule has 4 nitrogen and oxygen atoms in total. The number of amides is 1. The highest BCUT2D eigenvalue weighted by Gasteiger charge is 2.46.